The molecule has 0 aliphatic rings. The molecule has 0 bridgehead atoms. The molecule has 34 heavy (non-hydrogen) atoms. The van der Waals surface area contributed by atoms with Gasteiger partial charge < -0.3 is 19.9 Å². The molecule has 2 amide bonds. The Morgan fingerprint density at radius 1 is 0.912 bits per heavy atom. The van der Waals surface area contributed by atoms with Crippen LogP contribution < -0.4 is 15.4 Å². The predicted octanol–water partition coefficient (Wildman–Crippen LogP) is 4.68. The van der Waals surface area contributed by atoms with Gasteiger partial charge in [0, 0.05) is 24.1 Å². The molecule has 1 heterocycles. The third-order valence-electron chi connectivity index (χ3n) is 5.24. The first-order valence-electron chi connectivity index (χ1n) is 10.9. The van der Waals surface area contributed by atoms with E-state index in [9.17, 15) is 9.59 Å². The Morgan fingerprint density at radius 3 is 2.47 bits per heavy atom. The number of hydrogen-bond acceptors (Lipinski definition) is 4. The summed E-state index contributed by atoms with van der Waals surface area (Å²) in [7, 11) is 1.60. The predicted molar refractivity (Wildman–Crippen MR) is 132 cm³/mol. The second-order valence-corrected chi connectivity index (χ2v) is 8.03. The van der Waals surface area contributed by atoms with Gasteiger partial charge >= 0.3 is 0 Å². The highest BCUT2D eigenvalue weighted by Crippen LogP contribution is 2.16. The van der Waals surface area contributed by atoms with Gasteiger partial charge in [-0.05, 0) is 60.0 Å². The summed E-state index contributed by atoms with van der Waals surface area (Å²) in [4.78, 5) is 29.1. The van der Waals surface area contributed by atoms with Gasteiger partial charge in [-0.3, -0.25) is 9.59 Å². The number of methoxy groups -OCH3 is 1. The molecule has 0 aliphatic heterocycles. The Morgan fingerprint density at radius 2 is 1.71 bits per heavy atom. The Kier molecular flexibility index (Phi) is 7.03. The molecule has 0 saturated carbocycles. The van der Waals surface area contributed by atoms with E-state index in [1.165, 1.54) is 0 Å². The maximum absolute atomic E-state index is 12.5. The van der Waals surface area contributed by atoms with E-state index in [0.717, 1.165) is 33.8 Å². The molecule has 7 nitrogen and oxygen atoms in total. The number of carbonyl (C=O) groups is 2. The molecule has 4 rings (SSSR count). The van der Waals surface area contributed by atoms with E-state index >= 15 is 0 Å². The second kappa shape index (κ2) is 10.5. The molecule has 7 heteroatoms. The highest BCUT2D eigenvalue weighted by Gasteiger charge is 2.10. The molecule has 172 valence electrons. The van der Waals surface area contributed by atoms with Crippen LogP contribution in [0, 0.1) is 6.92 Å². The van der Waals surface area contributed by atoms with Gasteiger partial charge in [-0.25, -0.2) is 4.98 Å². The van der Waals surface area contributed by atoms with Gasteiger partial charge in [0.2, 0.25) is 5.91 Å². The molecule has 0 radical (unpaired) electrons. The van der Waals surface area contributed by atoms with Gasteiger partial charge in [0.05, 0.1) is 19.9 Å². The first-order valence-corrected chi connectivity index (χ1v) is 10.9. The lowest BCUT2D eigenvalue weighted by Gasteiger charge is -2.08. The summed E-state index contributed by atoms with van der Waals surface area (Å²) in [5.41, 5.74) is 4.79. The number of aromatic nitrogens is 2. The van der Waals surface area contributed by atoms with Crippen molar-refractivity contribution in [2.75, 3.05) is 17.7 Å². The normalized spacial score (nSPS) is 10.5. The number of aryl methyl sites for hydroxylation is 1. The van der Waals surface area contributed by atoms with E-state index in [1.54, 1.807) is 19.6 Å². The lowest BCUT2D eigenvalue weighted by molar-refractivity contribution is -0.115. The topological polar surface area (TPSA) is 85.2 Å². The standard InChI is InChI=1S/C27H26N4O3/c1-19-5-3-7-23(13-19)30-27(33)25-17-31(18-28-25)16-20-9-11-22(12-10-20)29-26(32)15-21-6-4-8-24(14-21)34-2/h3-14,17-18H,15-16H2,1-2H3,(H,29,32)(H,30,33). The summed E-state index contributed by atoms with van der Waals surface area (Å²) in [5, 5.41) is 5.78. The number of imidazole rings is 1. The number of nitrogens with one attached hydrogen (secondary N) is 2. The van der Waals surface area contributed by atoms with Crippen LogP contribution in [0.4, 0.5) is 11.4 Å². The number of amides is 2. The molecular weight excluding hydrogens is 428 g/mol. The van der Waals surface area contributed by atoms with Gasteiger partial charge in [0.25, 0.3) is 5.91 Å². The van der Waals surface area contributed by atoms with Crippen LogP contribution in [0.2, 0.25) is 0 Å². The molecule has 0 fully saturated rings. The minimum absolute atomic E-state index is 0.0973. The summed E-state index contributed by atoms with van der Waals surface area (Å²) >= 11 is 0. The summed E-state index contributed by atoms with van der Waals surface area (Å²) < 4.78 is 7.05. The fourth-order valence-corrected chi connectivity index (χ4v) is 3.56. The van der Waals surface area contributed by atoms with E-state index < -0.39 is 0 Å². The van der Waals surface area contributed by atoms with E-state index in [0.29, 0.717) is 12.2 Å². The van der Waals surface area contributed by atoms with Crippen molar-refractivity contribution < 1.29 is 14.3 Å². The van der Waals surface area contributed by atoms with Crippen LogP contribution in [0.1, 0.15) is 27.2 Å². The lowest BCUT2D eigenvalue weighted by atomic mass is 10.1. The average Bonchev–Trinajstić information content (AvgIpc) is 3.29. The van der Waals surface area contributed by atoms with Crippen molar-refractivity contribution in [3.05, 3.63) is 108 Å². The molecule has 2 N–H and O–H groups in total. The molecular formula is C27H26N4O3. The SMILES string of the molecule is COc1cccc(CC(=O)Nc2ccc(Cn3cnc(C(=O)Nc4cccc(C)c4)c3)cc2)c1. The highest BCUT2D eigenvalue weighted by molar-refractivity contribution is 6.02. The van der Waals surface area contributed by atoms with Gasteiger partial charge in [0.15, 0.2) is 0 Å². The quantitative estimate of drug-likeness (QED) is 0.405. The van der Waals surface area contributed by atoms with Crippen LogP contribution in [0.3, 0.4) is 0 Å². The maximum Gasteiger partial charge on any atom is 0.275 e. The maximum atomic E-state index is 12.5. The van der Waals surface area contributed by atoms with Gasteiger partial charge in [-0.15, -0.1) is 0 Å². The van der Waals surface area contributed by atoms with Crippen LogP contribution in [-0.2, 0) is 17.8 Å². The number of ether oxygens (including phenoxy) is 1. The molecule has 3 aromatic carbocycles. The number of hydrogen-bond donors (Lipinski definition) is 2. The lowest BCUT2D eigenvalue weighted by Crippen LogP contribution is -2.14. The van der Waals surface area contributed by atoms with E-state index in [4.69, 9.17) is 4.74 Å². The molecule has 4 aromatic rings. The molecule has 0 spiro atoms. The first kappa shape index (κ1) is 22.8. The number of rotatable bonds is 8. The molecule has 1 aromatic heterocycles. The summed E-state index contributed by atoms with van der Waals surface area (Å²) in [6.45, 7) is 2.53. The van der Waals surface area contributed by atoms with Crippen molar-refractivity contribution in [1.29, 1.82) is 0 Å². The smallest absolute Gasteiger partial charge is 0.275 e. The van der Waals surface area contributed by atoms with Gasteiger partial charge in [-0.2, -0.15) is 0 Å². The minimum Gasteiger partial charge on any atom is -0.497 e. The van der Waals surface area contributed by atoms with E-state index in [2.05, 4.69) is 15.6 Å². The Labute approximate surface area is 198 Å². The van der Waals surface area contributed by atoms with Crippen molar-refractivity contribution in [1.82, 2.24) is 9.55 Å². The third-order valence-corrected chi connectivity index (χ3v) is 5.24. The molecule has 0 atom stereocenters. The molecule has 0 unspecified atom stereocenters. The van der Waals surface area contributed by atoms with Gasteiger partial charge in [0.1, 0.15) is 11.4 Å². The van der Waals surface area contributed by atoms with Crippen LogP contribution in [0.15, 0.2) is 85.3 Å². The average molecular weight is 455 g/mol. The Balaban J connectivity index is 1.31. The Bertz CT molecular complexity index is 1300. The fourth-order valence-electron chi connectivity index (χ4n) is 3.56. The van der Waals surface area contributed by atoms with Crippen LogP contribution in [-0.4, -0.2) is 28.5 Å². The number of carbonyl (C=O) groups excluding carboxylic acids is 2. The largest absolute Gasteiger partial charge is 0.497 e. The highest BCUT2D eigenvalue weighted by atomic mass is 16.5. The zero-order valence-electron chi connectivity index (χ0n) is 19.1. The molecule has 0 aliphatic carbocycles. The monoisotopic (exact) mass is 454 g/mol. The molecule has 0 saturated heterocycles. The minimum atomic E-state index is -0.251. The van der Waals surface area contributed by atoms with Crippen LogP contribution in [0.25, 0.3) is 0 Å². The van der Waals surface area contributed by atoms with E-state index in [-0.39, 0.29) is 18.2 Å². The zero-order valence-corrected chi connectivity index (χ0v) is 19.1. The van der Waals surface area contributed by atoms with Crippen molar-refractivity contribution in [3.8, 4) is 5.75 Å². The summed E-state index contributed by atoms with van der Waals surface area (Å²) in [6.07, 6.45) is 3.62. The summed E-state index contributed by atoms with van der Waals surface area (Å²) in [6, 6.07) is 22.7. The third kappa shape index (κ3) is 6.10. The van der Waals surface area contributed by atoms with Crippen molar-refractivity contribution >= 4 is 23.2 Å². The fraction of sp³-hybridized carbons (Fsp3) is 0.148. The second-order valence-electron chi connectivity index (χ2n) is 8.03. The zero-order chi connectivity index (χ0) is 23.9. The van der Waals surface area contributed by atoms with Crippen molar-refractivity contribution in [3.63, 3.8) is 0 Å². The Hall–Kier alpha value is -4.39. The van der Waals surface area contributed by atoms with Gasteiger partial charge in [-0.1, -0.05) is 36.4 Å². The number of nitrogens with zero attached hydrogens (tertiary/aromatic N) is 2. The number of anilines is 2. The summed E-state index contributed by atoms with van der Waals surface area (Å²) in [5.74, 6) is 0.378. The van der Waals surface area contributed by atoms with Crippen molar-refractivity contribution in [2.24, 2.45) is 0 Å². The van der Waals surface area contributed by atoms with E-state index in [1.807, 2.05) is 84.3 Å². The first-order chi connectivity index (χ1) is 16.5. The van der Waals surface area contributed by atoms with Crippen molar-refractivity contribution in [2.45, 2.75) is 19.9 Å². The van der Waals surface area contributed by atoms with Crippen LogP contribution in [0.5, 0.6) is 5.75 Å². The van der Waals surface area contributed by atoms with Crippen LogP contribution >= 0.6 is 0 Å². The number of benzene rings is 3.